The molecule has 1 unspecified atom stereocenters. The number of nitro groups is 1. The summed E-state index contributed by atoms with van der Waals surface area (Å²) < 4.78 is 0. The highest BCUT2D eigenvalue weighted by Crippen LogP contribution is 2.24. The molecule has 0 aliphatic rings. The van der Waals surface area contributed by atoms with Crippen LogP contribution in [-0.2, 0) is 0 Å². The monoisotopic (exact) mass is 248 g/mol. The van der Waals surface area contributed by atoms with E-state index in [1.807, 2.05) is 0 Å². The first kappa shape index (κ1) is 12.2. The van der Waals surface area contributed by atoms with Gasteiger partial charge in [0.05, 0.1) is 16.5 Å². The zero-order valence-corrected chi connectivity index (χ0v) is 9.70. The minimum Gasteiger partial charge on any atom is -0.392 e. The molecule has 1 aromatic carbocycles. The molecule has 1 aromatic heterocycles. The van der Waals surface area contributed by atoms with Crippen molar-refractivity contribution in [1.82, 2.24) is 9.97 Å². The molecule has 2 rings (SSSR count). The standard InChI is InChI=1S/C11H12N4O3/c1-7(16)5-12-11-9-4-8(15(17)18)2-3-10(9)13-6-14-11/h2-4,6-7,16H,5H2,1H3,(H,12,13,14). The van der Waals surface area contributed by atoms with Gasteiger partial charge in [-0.3, -0.25) is 10.1 Å². The van der Waals surface area contributed by atoms with Gasteiger partial charge in [-0.1, -0.05) is 0 Å². The van der Waals surface area contributed by atoms with Crippen LogP contribution in [0.1, 0.15) is 6.92 Å². The van der Waals surface area contributed by atoms with Crippen molar-refractivity contribution in [2.24, 2.45) is 0 Å². The van der Waals surface area contributed by atoms with Gasteiger partial charge in [0.15, 0.2) is 0 Å². The minimum absolute atomic E-state index is 0.0163. The topological polar surface area (TPSA) is 101 Å². The number of anilines is 1. The van der Waals surface area contributed by atoms with Gasteiger partial charge < -0.3 is 10.4 Å². The number of benzene rings is 1. The molecule has 7 heteroatoms. The van der Waals surface area contributed by atoms with Crippen LogP contribution in [0.4, 0.5) is 11.5 Å². The molecule has 0 saturated carbocycles. The van der Waals surface area contributed by atoms with E-state index in [0.717, 1.165) is 0 Å². The molecule has 1 atom stereocenters. The van der Waals surface area contributed by atoms with Crippen molar-refractivity contribution in [3.05, 3.63) is 34.6 Å². The number of hydrogen-bond donors (Lipinski definition) is 2. The van der Waals surface area contributed by atoms with E-state index in [2.05, 4.69) is 15.3 Å². The normalized spacial score (nSPS) is 12.3. The molecule has 0 amide bonds. The maximum absolute atomic E-state index is 10.7. The molecule has 0 radical (unpaired) electrons. The van der Waals surface area contributed by atoms with Crippen molar-refractivity contribution >= 4 is 22.4 Å². The first-order valence-electron chi connectivity index (χ1n) is 5.39. The molecule has 18 heavy (non-hydrogen) atoms. The van der Waals surface area contributed by atoms with Crippen LogP contribution in [0.2, 0.25) is 0 Å². The van der Waals surface area contributed by atoms with Crippen molar-refractivity contribution in [3.63, 3.8) is 0 Å². The summed E-state index contributed by atoms with van der Waals surface area (Å²) in [7, 11) is 0. The van der Waals surface area contributed by atoms with Crippen LogP contribution in [-0.4, -0.2) is 32.6 Å². The van der Waals surface area contributed by atoms with Crippen molar-refractivity contribution < 1.29 is 10.0 Å². The van der Waals surface area contributed by atoms with E-state index in [1.54, 1.807) is 13.0 Å². The van der Waals surface area contributed by atoms with Gasteiger partial charge in [0.25, 0.3) is 5.69 Å². The van der Waals surface area contributed by atoms with Gasteiger partial charge >= 0.3 is 0 Å². The Morgan fingerprint density at radius 3 is 2.94 bits per heavy atom. The summed E-state index contributed by atoms with van der Waals surface area (Å²) in [6.07, 6.45) is 0.840. The average molecular weight is 248 g/mol. The van der Waals surface area contributed by atoms with Crippen molar-refractivity contribution in [2.45, 2.75) is 13.0 Å². The first-order chi connectivity index (χ1) is 8.58. The highest BCUT2D eigenvalue weighted by atomic mass is 16.6. The van der Waals surface area contributed by atoms with Crippen molar-refractivity contribution in [1.29, 1.82) is 0 Å². The summed E-state index contributed by atoms with van der Waals surface area (Å²) in [5.74, 6) is 0.476. The largest absolute Gasteiger partial charge is 0.392 e. The fourth-order valence-electron chi connectivity index (χ4n) is 1.54. The average Bonchev–Trinajstić information content (AvgIpc) is 2.35. The van der Waals surface area contributed by atoms with Gasteiger partial charge in [-0.2, -0.15) is 0 Å². The maximum atomic E-state index is 10.7. The molecule has 2 aromatic rings. The van der Waals surface area contributed by atoms with E-state index in [-0.39, 0.29) is 5.69 Å². The molecule has 2 N–H and O–H groups in total. The van der Waals surface area contributed by atoms with E-state index in [4.69, 9.17) is 0 Å². The highest BCUT2D eigenvalue weighted by molar-refractivity contribution is 5.90. The van der Waals surface area contributed by atoms with Gasteiger partial charge in [0.2, 0.25) is 0 Å². The molecular formula is C11H12N4O3. The van der Waals surface area contributed by atoms with Crippen LogP contribution in [0.5, 0.6) is 0 Å². The molecule has 94 valence electrons. The second-order valence-electron chi connectivity index (χ2n) is 3.91. The number of nitrogens with one attached hydrogen (secondary N) is 1. The molecule has 0 saturated heterocycles. The Balaban J connectivity index is 2.45. The van der Waals surface area contributed by atoms with Gasteiger partial charge in [-0.25, -0.2) is 9.97 Å². The van der Waals surface area contributed by atoms with Crippen LogP contribution >= 0.6 is 0 Å². The van der Waals surface area contributed by atoms with E-state index < -0.39 is 11.0 Å². The molecule has 7 nitrogen and oxygen atoms in total. The number of nitrogens with zero attached hydrogens (tertiary/aromatic N) is 3. The summed E-state index contributed by atoms with van der Waals surface area (Å²) in [5.41, 5.74) is 0.598. The van der Waals surface area contributed by atoms with Crippen LogP contribution < -0.4 is 5.32 Å². The molecule has 0 aliphatic carbocycles. The third-order valence-corrected chi connectivity index (χ3v) is 2.39. The van der Waals surface area contributed by atoms with E-state index in [1.165, 1.54) is 18.5 Å². The Labute approximate surface area is 103 Å². The molecule has 1 heterocycles. The zero-order valence-electron chi connectivity index (χ0n) is 9.70. The van der Waals surface area contributed by atoms with Crippen LogP contribution in [0.3, 0.4) is 0 Å². The molecule has 0 fully saturated rings. The number of fused-ring (bicyclic) bond motifs is 1. The van der Waals surface area contributed by atoms with E-state index in [9.17, 15) is 15.2 Å². The third kappa shape index (κ3) is 2.51. The summed E-state index contributed by atoms with van der Waals surface area (Å²) in [6, 6.07) is 4.39. The fourth-order valence-corrected chi connectivity index (χ4v) is 1.54. The van der Waals surface area contributed by atoms with Gasteiger partial charge in [-0.05, 0) is 13.0 Å². The zero-order chi connectivity index (χ0) is 13.1. The molecule has 0 aliphatic heterocycles. The van der Waals surface area contributed by atoms with E-state index in [0.29, 0.717) is 23.3 Å². The van der Waals surface area contributed by atoms with Gasteiger partial charge in [0.1, 0.15) is 12.1 Å². The number of aliphatic hydroxyl groups is 1. The maximum Gasteiger partial charge on any atom is 0.270 e. The molecule has 0 spiro atoms. The summed E-state index contributed by atoms with van der Waals surface area (Å²) in [5, 5.41) is 23.4. The van der Waals surface area contributed by atoms with Crippen LogP contribution in [0, 0.1) is 10.1 Å². The minimum atomic E-state index is -0.534. The Hall–Kier alpha value is -2.28. The van der Waals surface area contributed by atoms with E-state index >= 15 is 0 Å². The van der Waals surface area contributed by atoms with Crippen LogP contribution in [0.25, 0.3) is 10.9 Å². The fraction of sp³-hybridized carbons (Fsp3) is 0.273. The molecule has 0 bridgehead atoms. The highest BCUT2D eigenvalue weighted by Gasteiger charge is 2.10. The lowest BCUT2D eigenvalue weighted by atomic mass is 10.2. The third-order valence-electron chi connectivity index (χ3n) is 2.39. The lowest BCUT2D eigenvalue weighted by Crippen LogP contribution is -2.16. The quantitative estimate of drug-likeness (QED) is 0.625. The van der Waals surface area contributed by atoms with Crippen molar-refractivity contribution in [3.8, 4) is 0 Å². The second-order valence-corrected chi connectivity index (χ2v) is 3.91. The second kappa shape index (κ2) is 4.92. The van der Waals surface area contributed by atoms with Gasteiger partial charge in [0, 0.05) is 24.1 Å². The summed E-state index contributed by atoms with van der Waals surface area (Å²) in [6.45, 7) is 1.95. The lowest BCUT2D eigenvalue weighted by molar-refractivity contribution is -0.384. The van der Waals surface area contributed by atoms with Crippen molar-refractivity contribution in [2.75, 3.05) is 11.9 Å². The Bertz CT molecular complexity index is 586. The number of aliphatic hydroxyl groups excluding tert-OH is 1. The number of nitro benzene ring substituents is 1. The van der Waals surface area contributed by atoms with Crippen LogP contribution in [0.15, 0.2) is 24.5 Å². The predicted octanol–water partition coefficient (Wildman–Crippen LogP) is 1.33. The summed E-state index contributed by atoms with van der Waals surface area (Å²) >= 11 is 0. The smallest absolute Gasteiger partial charge is 0.270 e. The number of non-ortho nitro benzene ring substituents is 1. The SMILES string of the molecule is CC(O)CNc1ncnc2ccc([N+](=O)[O-])cc12. The summed E-state index contributed by atoms with van der Waals surface area (Å²) in [4.78, 5) is 18.3. The lowest BCUT2D eigenvalue weighted by Gasteiger charge is -2.09. The number of hydrogen-bond acceptors (Lipinski definition) is 6. The Morgan fingerprint density at radius 2 is 2.28 bits per heavy atom. The number of aromatic nitrogens is 2. The predicted molar refractivity (Wildman–Crippen MR) is 66.4 cm³/mol. The number of rotatable bonds is 4. The Kier molecular flexibility index (Phi) is 3.33. The first-order valence-corrected chi connectivity index (χ1v) is 5.39. The Morgan fingerprint density at radius 1 is 1.50 bits per heavy atom. The molecular weight excluding hydrogens is 236 g/mol. The van der Waals surface area contributed by atoms with Gasteiger partial charge in [-0.15, -0.1) is 0 Å².